The van der Waals surface area contributed by atoms with Crippen LogP contribution in [-0.4, -0.2) is 11.9 Å². The van der Waals surface area contributed by atoms with Gasteiger partial charge in [0.05, 0.1) is 6.26 Å². The summed E-state index contributed by atoms with van der Waals surface area (Å²) in [5.41, 5.74) is 1.88. The largest absolute Gasteiger partial charge is 0.459 e. The molecule has 1 aromatic heterocycles. The molecule has 1 fully saturated rings. The van der Waals surface area contributed by atoms with Gasteiger partial charge >= 0.3 is 0 Å². The van der Waals surface area contributed by atoms with Crippen LogP contribution in [0.3, 0.4) is 0 Å². The number of rotatable bonds is 3. The van der Waals surface area contributed by atoms with Gasteiger partial charge in [0.1, 0.15) is 0 Å². The highest BCUT2D eigenvalue weighted by Gasteiger charge is 2.20. The maximum absolute atomic E-state index is 12.6. The molecular formula is C19H23NO2. The lowest BCUT2D eigenvalue weighted by molar-refractivity contribution is 0.0903. The fourth-order valence-electron chi connectivity index (χ4n) is 3.18. The van der Waals surface area contributed by atoms with E-state index in [1.807, 2.05) is 36.4 Å². The molecule has 116 valence electrons. The maximum Gasteiger partial charge on any atom is 0.287 e. The fraction of sp³-hybridized carbons (Fsp3) is 0.421. The van der Waals surface area contributed by atoms with Crippen LogP contribution in [0.5, 0.6) is 0 Å². The van der Waals surface area contributed by atoms with E-state index in [0.717, 1.165) is 24.0 Å². The number of nitrogens with one attached hydrogen (secondary N) is 1. The van der Waals surface area contributed by atoms with Crippen molar-refractivity contribution >= 4 is 5.91 Å². The van der Waals surface area contributed by atoms with E-state index in [1.54, 1.807) is 6.26 Å². The van der Waals surface area contributed by atoms with Crippen LogP contribution < -0.4 is 5.32 Å². The number of amides is 1. The molecule has 1 saturated carbocycles. The third kappa shape index (κ3) is 3.59. The molecular weight excluding hydrogens is 274 g/mol. The van der Waals surface area contributed by atoms with Gasteiger partial charge in [-0.3, -0.25) is 4.79 Å². The average molecular weight is 297 g/mol. The molecule has 22 heavy (non-hydrogen) atoms. The summed E-state index contributed by atoms with van der Waals surface area (Å²) in [6.45, 7) is 0. The highest BCUT2D eigenvalue weighted by Crippen LogP contribution is 2.25. The summed E-state index contributed by atoms with van der Waals surface area (Å²) >= 11 is 0. The predicted octanol–water partition coefficient (Wildman–Crippen LogP) is 4.79. The highest BCUT2D eigenvalue weighted by atomic mass is 16.3. The maximum atomic E-state index is 12.6. The van der Waals surface area contributed by atoms with Gasteiger partial charge in [-0.2, -0.15) is 0 Å². The molecule has 2 aromatic rings. The third-order valence-electron chi connectivity index (χ3n) is 4.40. The van der Waals surface area contributed by atoms with E-state index < -0.39 is 0 Å². The Morgan fingerprint density at radius 2 is 1.64 bits per heavy atom. The van der Waals surface area contributed by atoms with Crippen LogP contribution in [0, 0.1) is 0 Å². The molecule has 0 bridgehead atoms. The van der Waals surface area contributed by atoms with Gasteiger partial charge in [0.2, 0.25) is 0 Å². The molecule has 1 N–H and O–H groups in total. The van der Waals surface area contributed by atoms with Gasteiger partial charge in [-0.05, 0) is 24.5 Å². The van der Waals surface area contributed by atoms with Crippen LogP contribution in [0.4, 0.5) is 0 Å². The minimum absolute atomic E-state index is 0.0885. The third-order valence-corrected chi connectivity index (χ3v) is 4.40. The lowest BCUT2D eigenvalue weighted by atomic mass is 9.96. The molecule has 0 saturated heterocycles. The Morgan fingerprint density at radius 1 is 0.955 bits per heavy atom. The molecule has 1 amide bonds. The fourth-order valence-corrected chi connectivity index (χ4v) is 3.18. The Hall–Kier alpha value is -2.03. The highest BCUT2D eigenvalue weighted by molar-refractivity contribution is 5.98. The number of hydrogen-bond donors (Lipinski definition) is 1. The van der Waals surface area contributed by atoms with E-state index in [0.29, 0.717) is 5.76 Å². The molecule has 1 aliphatic rings. The Kier molecular flexibility index (Phi) is 4.94. The van der Waals surface area contributed by atoms with E-state index in [-0.39, 0.29) is 11.9 Å². The smallest absolute Gasteiger partial charge is 0.287 e. The zero-order valence-electron chi connectivity index (χ0n) is 12.9. The van der Waals surface area contributed by atoms with Crippen molar-refractivity contribution in [1.82, 2.24) is 5.32 Å². The zero-order valence-corrected chi connectivity index (χ0v) is 12.9. The normalized spacial score (nSPS) is 16.7. The standard InChI is InChI=1S/C19H23NO2/c21-19(20-16-11-7-2-1-3-8-12-16)18-17(13-14-22-18)15-9-5-4-6-10-15/h4-6,9-10,13-14,16H,1-3,7-8,11-12H2,(H,20,21). The van der Waals surface area contributed by atoms with Gasteiger partial charge in [-0.1, -0.05) is 62.4 Å². The van der Waals surface area contributed by atoms with Crippen LogP contribution in [0.1, 0.15) is 55.5 Å². The van der Waals surface area contributed by atoms with Crippen molar-refractivity contribution in [2.75, 3.05) is 0 Å². The molecule has 1 aliphatic carbocycles. The Labute approximate surface area is 131 Å². The molecule has 1 aromatic carbocycles. The summed E-state index contributed by atoms with van der Waals surface area (Å²) in [6.07, 6.45) is 10.0. The molecule has 3 rings (SSSR count). The first kappa shape index (κ1) is 14.9. The van der Waals surface area contributed by atoms with E-state index in [4.69, 9.17) is 4.42 Å². The van der Waals surface area contributed by atoms with Crippen LogP contribution in [0.15, 0.2) is 47.1 Å². The van der Waals surface area contributed by atoms with E-state index >= 15 is 0 Å². The Balaban J connectivity index is 1.71. The molecule has 0 unspecified atom stereocenters. The van der Waals surface area contributed by atoms with Gasteiger partial charge in [-0.15, -0.1) is 0 Å². The topological polar surface area (TPSA) is 42.2 Å². The van der Waals surface area contributed by atoms with E-state index in [1.165, 1.54) is 32.1 Å². The van der Waals surface area contributed by atoms with Gasteiger partial charge < -0.3 is 9.73 Å². The zero-order chi connectivity index (χ0) is 15.2. The Morgan fingerprint density at radius 3 is 2.36 bits per heavy atom. The molecule has 3 nitrogen and oxygen atoms in total. The SMILES string of the molecule is O=C(NC1CCCCCCC1)c1occc1-c1ccccc1. The lowest BCUT2D eigenvalue weighted by Crippen LogP contribution is -2.35. The van der Waals surface area contributed by atoms with Gasteiger partial charge in [0.15, 0.2) is 5.76 Å². The molecule has 0 radical (unpaired) electrons. The summed E-state index contributed by atoms with van der Waals surface area (Å²) < 4.78 is 5.47. The number of benzene rings is 1. The molecule has 0 aliphatic heterocycles. The second kappa shape index (κ2) is 7.30. The lowest BCUT2D eigenvalue weighted by Gasteiger charge is -2.20. The summed E-state index contributed by atoms with van der Waals surface area (Å²) in [5, 5.41) is 3.17. The average Bonchev–Trinajstić information content (AvgIpc) is 3.00. The summed E-state index contributed by atoms with van der Waals surface area (Å²) in [7, 11) is 0. The van der Waals surface area contributed by atoms with Crippen molar-refractivity contribution in [3.63, 3.8) is 0 Å². The number of furan rings is 1. The Bertz CT molecular complexity index is 595. The second-order valence-electron chi connectivity index (χ2n) is 6.04. The quantitative estimate of drug-likeness (QED) is 0.885. The number of hydrogen-bond acceptors (Lipinski definition) is 2. The van der Waals surface area contributed by atoms with Crippen molar-refractivity contribution in [3.05, 3.63) is 48.4 Å². The van der Waals surface area contributed by atoms with Crippen molar-refractivity contribution in [3.8, 4) is 11.1 Å². The van der Waals surface area contributed by atoms with Crippen molar-refractivity contribution in [2.24, 2.45) is 0 Å². The predicted molar refractivity (Wildman–Crippen MR) is 87.7 cm³/mol. The summed E-state index contributed by atoms with van der Waals surface area (Å²) in [5.74, 6) is 0.336. The minimum atomic E-state index is -0.0885. The summed E-state index contributed by atoms with van der Waals surface area (Å²) in [4.78, 5) is 12.6. The molecule has 3 heteroatoms. The van der Waals surface area contributed by atoms with Crippen LogP contribution >= 0.6 is 0 Å². The monoisotopic (exact) mass is 297 g/mol. The van der Waals surface area contributed by atoms with E-state index in [9.17, 15) is 4.79 Å². The minimum Gasteiger partial charge on any atom is -0.459 e. The molecule has 1 heterocycles. The first-order chi connectivity index (χ1) is 10.8. The van der Waals surface area contributed by atoms with Crippen LogP contribution in [0.25, 0.3) is 11.1 Å². The van der Waals surface area contributed by atoms with Gasteiger partial charge in [-0.25, -0.2) is 0 Å². The van der Waals surface area contributed by atoms with Crippen molar-refractivity contribution in [2.45, 2.75) is 51.0 Å². The van der Waals surface area contributed by atoms with Crippen molar-refractivity contribution < 1.29 is 9.21 Å². The summed E-state index contributed by atoms with van der Waals surface area (Å²) in [6, 6.07) is 12.0. The first-order valence-corrected chi connectivity index (χ1v) is 8.28. The van der Waals surface area contributed by atoms with Crippen LogP contribution in [0.2, 0.25) is 0 Å². The van der Waals surface area contributed by atoms with Gasteiger partial charge in [0.25, 0.3) is 5.91 Å². The second-order valence-corrected chi connectivity index (χ2v) is 6.04. The molecule has 0 spiro atoms. The number of carbonyl (C=O) groups excluding carboxylic acids is 1. The van der Waals surface area contributed by atoms with E-state index in [2.05, 4.69) is 5.32 Å². The van der Waals surface area contributed by atoms with Gasteiger partial charge in [0, 0.05) is 11.6 Å². The van der Waals surface area contributed by atoms with Crippen molar-refractivity contribution in [1.29, 1.82) is 0 Å². The van der Waals surface area contributed by atoms with Crippen LogP contribution in [-0.2, 0) is 0 Å². The first-order valence-electron chi connectivity index (χ1n) is 8.28. The number of carbonyl (C=O) groups is 1. The molecule has 0 atom stereocenters.